The normalized spacial score (nSPS) is 10.4. The number of pyridine rings is 1. The van der Waals surface area contributed by atoms with Crippen LogP contribution in [-0.4, -0.2) is 15.2 Å². The zero-order valence-electron chi connectivity index (χ0n) is 9.45. The molecule has 3 aromatic rings. The quantitative estimate of drug-likeness (QED) is 0.745. The first-order valence-corrected chi connectivity index (χ1v) is 5.49. The van der Waals surface area contributed by atoms with E-state index in [1.165, 1.54) is 0 Å². The smallest absolute Gasteiger partial charge is 0.170 e. The van der Waals surface area contributed by atoms with Gasteiger partial charge in [-0.15, -0.1) is 0 Å². The van der Waals surface area contributed by atoms with Crippen LogP contribution in [0.3, 0.4) is 0 Å². The molecule has 0 saturated carbocycles. The lowest BCUT2D eigenvalue weighted by molar-refractivity contribution is 0.426. The van der Waals surface area contributed by atoms with Crippen LogP contribution in [0.25, 0.3) is 22.5 Å². The van der Waals surface area contributed by atoms with Gasteiger partial charge in [-0.05, 0) is 35.4 Å². The molecule has 88 valence electrons. The van der Waals surface area contributed by atoms with Crippen LogP contribution in [0.5, 0.6) is 5.75 Å². The molecule has 2 aromatic heterocycles. The van der Waals surface area contributed by atoms with Gasteiger partial charge >= 0.3 is 0 Å². The minimum Gasteiger partial charge on any atom is -0.507 e. The van der Waals surface area contributed by atoms with Crippen LogP contribution >= 0.6 is 0 Å². The van der Waals surface area contributed by atoms with Crippen LogP contribution in [0.4, 0.5) is 0 Å². The second-order valence-corrected chi connectivity index (χ2v) is 3.84. The van der Waals surface area contributed by atoms with E-state index in [1.807, 2.05) is 24.3 Å². The van der Waals surface area contributed by atoms with Gasteiger partial charge in [0.2, 0.25) is 0 Å². The molecule has 0 aliphatic heterocycles. The van der Waals surface area contributed by atoms with Crippen LogP contribution in [-0.2, 0) is 0 Å². The fourth-order valence-corrected chi connectivity index (χ4v) is 1.81. The summed E-state index contributed by atoms with van der Waals surface area (Å²) in [5.74, 6) is 0.716. The minimum atomic E-state index is 0.171. The van der Waals surface area contributed by atoms with Crippen LogP contribution in [0.2, 0.25) is 0 Å². The highest BCUT2D eigenvalue weighted by atomic mass is 16.5. The SMILES string of the molecule is Oc1ccc(-c2ccncc2)cc1-c1ccno1. The van der Waals surface area contributed by atoms with Crippen molar-refractivity contribution < 1.29 is 9.63 Å². The molecule has 0 atom stereocenters. The predicted molar refractivity (Wildman–Crippen MR) is 66.8 cm³/mol. The van der Waals surface area contributed by atoms with E-state index in [0.717, 1.165) is 11.1 Å². The first kappa shape index (κ1) is 10.5. The van der Waals surface area contributed by atoms with Crippen molar-refractivity contribution in [1.82, 2.24) is 10.1 Å². The molecular formula is C14H10N2O2. The van der Waals surface area contributed by atoms with Crippen LogP contribution in [0.15, 0.2) is 59.5 Å². The molecule has 0 aliphatic carbocycles. The molecule has 0 fully saturated rings. The topological polar surface area (TPSA) is 59.2 Å². The minimum absolute atomic E-state index is 0.171. The molecular weight excluding hydrogens is 228 g/mol. The third kappa shape index (κ3) is 1.84. The van der Waals surface area contributed by atoms with Crippen molar-refractivity contribution in [1.29, 1.82) is 0 Å². The molecule has 0 spiro atoms. The molecule has 18 heavy (non-hydrogen) atoms. The molecule has 0 amide bonds. The van der Waals surface area contributed by atoms with Gasteiger partial charge < -0.3 is 9.63 Å². The van der Waals surface area contributed by atoms with Crippen molar-refractivity contribution in [2.45, 2.75) is 0 Å². The number of aromatic nitrogens is 2. The van der Waals surface area contributed by atoms with E-state index in [2.05, 4.69) is 10.1 Å². The number of nitrogens with zero attached hydrogens (tertiary/aromatic N) is 2. The Labute approximate surface area is 104 Å². The van der Waals surface area contributed by atoms with E-state index >= 15 is 0 Å². The third-order valence-corrected chi connectivity index (χ3v) is 2.71. The first-order valence-electron chi connectivity index (χ1n) is 5.49. The molecule has 4 nitrogen and oxygen atoms in total. The average molecular weight is 238 g/mol. The summed E-state index contributed by atoms with van der Waals surface area (Å²) < 4.78 is 5.07. The zero-order chi connectivity index (χ0) is 12.4. The van der Waals surface area contributed by atoms with E-state index in [4.69, 9.17) is 4.52 Å². The lowest BCUT2D eigenvalue weighted by Crippen LogP contribution is -1.82. The number of phenols is 1. The highest BCUT2D eigenvalue weighted by molar-refractivity contribution is 5.74. The van der Waals surface area contributed by atoms with Gasteiger partial charge in [-0.3, -0.25) is 4.98 Å². The summed E-state index contributed by atoms with van der Waals surface area (Å²) in [5.41, 5.74) is 2.65. The fourth-order valence-electron chi connectivity index (χ4n) is 1.81. The Morgan fingerprint density at radius 2 is 1.72 bits per heavy atom. The molecule has 0 aliphatic rings. The highest BCUT2D eigenvalue weighted by Gasteiger charge is 2.09. The van der Waals surface area contributed by atoms with E-state index in [-0.39, 0.29) is 5.75 Å². The van der Waals surface area contributed by atoms with Crippen molar-refractivity contribution in [3.63, 3.8) is 0 Å². The lowest BCUT2D eigenvalue weighted by atomic mass is 10.0. The molecule has 0 bridgehead atoms. The molecule has 0 saturated heterocycles. The first-order chi connectivity index (χ1) is 8.84. The monoisotopic (exact) mass is 238 g/mol. The van der Waals surface area contributed by atoms with Crippen LogP contribution in [0.1, 0.15) is 0 Å². The number of benzene rings is 1. The standard InChI is InChI=1S/C14H10N2O2/c17-13-2-1-11(10-3-6-15-7-4-10)9-12(13)14-5-8-16-18-14/h1-9,17H. The summed E-state index contributed by atoms with van der Waals surface area (Å²) >= 11 is 0. The van der Waals surface area contributed by atoms with E-state index in [0.29, 0.717) is 11.3 Å². The Morgan fingerprint density at radius 1 is 0.889 bits per heavy atom. The molecule has 4 heteroatoms. The summed E-state index contributed by atoms with van der Waals surface area (Å²) in [7, 11) is 0. The van der Waals surface area contributed by atoms with Crippen molar-refractivity contribution in [3.05, 3.63) is 55.0 Å². The Bertz CT molecular complexity index is 649. The Balaban J connectivity index is 2.12. The summed E-state index contributed by atoms with van der Waals surface area (Å²) in [6.45, 7) is 0. The largest absolute Gasteiger partial charge is 0.507 e. The highest BCUT2D eigenvalue weighted by Crippen LogP contribution is 2.33. The van der Waals surface area contributed by atoms with E-state index in [1.54, 1.807) is 30.7 Å². The number of phenolic OH excluding ortho intramolecular Hbond substituents is 1. The van der Waals surface area contributed by atoms with Gasteiger partial charge in [-0.1, -0.05) is 11.2 Å². The molecule has 1 N–H and O–H groups in total. The molecule has 1 aromatic carbocycles. The average Bonchev–Trinajstić information content (AvgIpc) is 2.94. The van der Waals surface area contributed by atoms with E-state index < -0.39 is 0 Å². The number of hydrogen-bond acceptors (Lipinski definition) is 4. The van der Waals surface area contributed by atoms with Crippen molar-refractivity contribution in [2.75, 3.05) is 0 Å². The molecule has 0 radical (unpaired) electrons. The maximum atomic E-state index is 9.85. The van der Waals surface area contributed by atoms with Gasteiger partial charge in [-0.2, -0.15) is 0 Å². The van der Waals surface area contributed by atoms with Gasteiger partial charge in [0.05, 0.1) is 11.8 Å². The Kier molecular flexibility index (Phi) is 2.53. The van der Waals surface area contributed by atoms with Gasteiger partial charge in [0.1, 0.15) is 5.75 Å². The second kappa shape index (κ2) is 4.33. The summed E-state index contributed by atoms with van der Waals surface area (Å²) in [4.78, 5) is 3.98. The van der Waals surface area contributed by atoms with E-state index in [9.17, 15) is 5.11 Å². The third-order valence-electron chi connectivity index (χ3n) is 2.71. The Hall–Kier alpha value is -2.62. The Morgan fingerprint density at radius 3 is 2.44 bits per heavy atom. The predicted octanol–water partition coefficient (Wildman–Crippen LogP) is 3.11. The second-order valence-electron chi connectivity index (χ2n) is 3.84. The zero-order valence-corrected chi connectivity index (χ0v) is 9.45. The number of hydrogen-bond donors (Lipinski definition) is 1. The van der Waals surface area contributed by atoms with Crippen molar-refractivity contribution in [2.24, 2.45) is 0 Å². The van der Waals surface area contributed by atoms with Crippen molar-refractivity contribution in [3.8, 4) is 28.2 Å². The van der Waals surface area contributed by atoms with Gasteiger partial charge in [-0.25, -0.2) is 0 Å². The maximum absolute atomic E-state index is 9.85. The molecule has 0 unspecified atom stereocenters. The van der Waals surface area contributed by atoms with Gasteiger partial charge in [0, 0.05) is 18.5 Å². The van der Waals surface area contributed by atoms with Gasteiger partial charge in [0.15, 0.2) is 5.76 Å². The fraction of sp³-hybridized carbons (Fsp3) is 0. The summed E-state index contributed by atoms with van der Waals surface area (Å²) in [6.07, 6.45) is 5.01. The van der Waals surface area contributed by atoms with Crippen molar-refractivity contribution >= 4 is 0 Å². The van der Waals surface area contributed by atoms with Gasteiger partial charge in [0.25, 0.3) is 0 Å². The maximum Gasteiger partial charge on any atom is 0.170 e. The summed E-state index contributed by atoms with van der Waals surface area (Å²) in [6, 6.07) is 10.9. The van der Waals surface area contributed by atoms with Crippen LogP contribution in [0, 0.1) is 0 Å². The number of aromatic hydroxyl groups is 1. The molecule has 2 heterocycles. The summed E-state index contributed by atoms with van der Waals surface area (Å²) in [5, 5.41) is 13.5. The molecule has 3 rings (SSSR count). The van der Waals surface area contributed by atoms with Crippen LogP contribution < -0.4 is 0 Å². The lowest BCUT2D eigenvalue weighted by Gasteiger charge is -2.05. The number of rotatable bonds is 2.